The summed E-state index contributed by atoms with van der Waals surface area (Å²) in [4.78, 5) is 30.5. The molecule has 3 heterocycles. The lowest BCUT2D eigenvalue weighted by Gasteiger charge is -2.36. The molecule has 8 nitrogen and oxygen atoms in total. The number of furan rings is 1. The van der Waals surface area contributed by atoms with E-state index in [0.29, 0.717) is 53.2 Å². The number of nitro groups is 1. The monoisotopic (exact) mass is 528 g/mol. The molecule has 0 bridgehead atoms. The van der Waals surface area contributed by atoms with Crippen LogP contribution in [-0.4, -0.2) is 55.0 Å². The number of piperazine rings is 1. The van der Waals surface area contributed by atoms with Crippen molar-refractivity contribution < 1.29 is 14.1 Å². The van der Waals surface area contributed by atoms with Crippen LogP contribution in [-0.2, 0) is 0 Å². The molecular weight excluding hydrogens is 503 g/mol. The number of carbonyl (C=O) groups excluding carboxylic acids is 1. The van der Waals surface area contributed by atoms with Crippen LogP contribution in [0.2, 0.25) is 10.0 Å². The Balaban J connectivity index is 1.27. The van der Waals surface area contributed by atoms with E-state index in [1.807, 2.05) is 6.07 Å². The third-order valence-corrected chi connectivity index (χ3v) is 7.64. The van der Waals surface area contributed by atoms with Gasteiger partial charge in [-0.05, 0) is 55.7 Å². The zero-order chi connectivity index (χ0) is 25.2. The topological polar surface area (TPSA) is 83.1 Å². The number of piperidine rings is 1. The highest BCUT2D eigenvalue weighted by atomic mass is 35.5. The van der Waals surface area contributed by atoms with E-state index in [1.54, 1.807) is 47.4 Å². The van der Waals surface area contributed by atoms with E-state index in [-0.39, 0.29) is 22.3 Å². The van der Waals surface area contributed by atoms with Gasteiger partial charge in [-0.25, -0.2) is 0 Å². The number of hydrogen-bond donors (Lipinski definition) is 0. The maximum atomic E-state index is 13.1. The van der Waals surface area contributed by atoms with Crippen LogP contribution < -0.4 is 9.80 Å². The summed E-state index contributed by atoms with van der Waals surface area (Å²) in [5.41, 5.74) is 2.39. The number of hydrogen-bond acceptors (Lipinski definition) is 6. The SMILES string of the molecule is O=C(c1ccc(-c2cccc(Cl)c2Cl)o1)N1CCN(c2ccc([N+](=O)[O-])c(N3CCCCC3)c2)CC1. The summed E-state index contributed by atoms with van der Waals surface area (Å²) in [5.74, 6) is 0.551. The second-order valence-corrected chi connectivity index (χ2v) is 9.81. The summed E-state index contributed by atoms with van der Waals surface area (Å²) in [5, 5.41) is 12.4. The minimum Gasteiger partial charge on any atom is -0.451 e. The van der Waals surface area contributed by atoms with Gasteiger partial charge in [-0.1, -0.05) is 29.3 Å². The molecule has 2 saturated heterocycles. The highest BCUT2D eigenvalue weighted by Crippen LogP contribution is 2.36. The quantitative estimate of drug-likeness (QED) is 0.293. The Kier molecular flexibility index (Phi) is 7.07. The van der Waals surface area contributed by atoms with Crippen molar-refractivity contribution in [2.75, 3.05) is 49.1 Å². The van der Waals surface area contributed by atoms with Crippen LogP contribution in [0.3, 0.4) is 0 Å². The van der Waals surface area contributed by atoms with Gasteiger partial charge in [0.15, 0.2) is 5.76 Å². The molecule has 0 aliphatic carbocycles. The third-order valence-electron chi connectivity index (χ3n) is 6.82. The van der Waals surface area contributed by atoms with Gasteiger partial charge in [0.1, 0.15) is 11.4 Å². The van der Waals surface area contributed by atoms with Gasteiger partial charge < -0.3 is 19.1 Å². The molecule has 0 N–H and O–H groups in total. The van der Waals surface area contributed by atoms with Crippen molar-refractivity contribution in [1.82, 2.24) is 4.90 Å². The van der Waals surface area contributed by atoms with E-state index in [0.717, 1.165) is 38.0 Å². The largest absolute Gasteiger partial charge is 0.451 e. The summed E-state index contributed by atoms with van der Waals surface area (Å²) < 4.78 is 5.83. The Hall–Kier alpha value is -3.23. The van der Waals surface area contributed by atoms with Crippen LogP contribution >= 0.6 is 23.2 Å². The molecule has 0 unspecified atom stereocenters. The fraction of sp³-hybridized carbons (Fsp3) is 0.346. The lowest BCUT2D eigenvalue weighted by molar-refractivity contribution is -0.384. The summed E-state index contributed by atoms with van der Waals surface area (Å²) in [6.07, 6.45) is 3.24. The predicted octanol–water partition coefficient (Wildman–Crippen LogP) is 6.11. The zero-order valence-electron chi connectivity index (χ0n) is 19.7. The first-order valence-corrected chi connectivity index (χ1v) is 12.8. The first-order chi connectivity index (χ1) is 17.4. The second-order valence-electron chi connectivity index (χ2n) is 9.02. The molecule has 0 saturated carbocycles. The van der Waals surface area contributed by atoms with Gasteiger partial charge in [-0.15, -0.1) is 0 Å². The fourth-order valence-corrected chi connectivity index (χ4v) is 5.26. The predicted molar refractivity (Wildman–Crippen MR) is 141 cm³/mol. The normalized spacial score (nSPS) is 16.3. The van der Waals surface area contributed by atoms with Crippen LogP contribution in [0.25, 0.3) is 11.3 Å². The highest BCUT2D eigenvalue weighted by molar-refractivity contribution is 6.43. The maximum absolute atomic E-state index is 13.1. The number of rotatable bonds is 5. The first kappa shape index (κ1) is 24.5. The van der Waals surface area contributed by atoms with Crippen LogP contribution in [0.15, 0.2) is 52.9 Å². The van der Waals surface area contributed by atoms with Crippen molar-refractivity contribution >= 4 is 46.2 Å². The Morgan fingerprint density at radius 3 is 2.36 bits per heavy atom. The molecule has 2 aliphatic heterocycles. The maximum Gasteiger partial charge on any atom is 0.292 e. The Morgan fingerprint density at radius 1 is 0.889 bits per heavy atom. The van der Waals surface area contributed by atoms with Gasteiger partial charge in [0.05, 0.1) is 15.0 Å². The van der Waals surface area contributed by atoms with E-state index in [4.69, 9.17) is 27.6 Å². The number of halogens is 2. The first-order valence-electron chi connectivity index (χ1n) is 12.0. The highest BCUT2D eigenvalue weighted by Gasteiger charge is 2.27. The molecule has 5 rings (SSSR count). The minimum absolute atomic E-state index is 0.142. The van der Waals surface area contributed by atoms with E-state index < -0.39 is 0 Å². The standard InChI is InChI=1S/C26H26Cl2N4O4/c27-20-6-4-5-19(25(20)28)23-9-10-24(36-23)26(33)31-15-13-29(14-16-31)18-7-8-21(32(34)35)22(17-18)30-11-2-1-3-12-30/h4-10,17H,1-3,11-16H2. The number of nitro benzene ring substituents is 1. The van der Waals surface area contributed by atoms with Crippen molar-refractivity contribution in [2.45, 2.75) is 19.3 Å². The van der Waals surface area contributed by atoms with Gasteiger partial charge in [-0.2, -0.15) is 0 Å². The van der Waals surface area contributed by atoms with E-state index in [2.05, 4.69) is 9.80 Å². The molecule has 2 aliphatic rings. The molecular formula is C26H26Cl2N4O4. The number of nitrogens with zero attached hydrogens (tertiary/aromatic N) is 4. The van der Waals surface area contributed by atoms with E-state index in [9.17, 15) is 14.9 Å². The van der Waals surface area contributed by atoms with E-state index >= 15 is 0 Å². The molecule has 1 amide bonds. The second kappa shape index (κ2) is 10.4. The summed E-state index contributed by atoms with van der Waals surface area (Å²) in [6.45, 7) is 3.94. The zero-order valence-corrected chi connectivity index (χ0v) is 21.2. The fourth-order valence-electron chi connectivity index (χ4n) is 4.87. The van der Waals surface area contributed by atoms with Crippen molar-refractivity contribution in [3.05, 3.63) is 74.5 Å². The molecule has 188 valence electrons. The summed E-state index contributed by atoms with van der Waals surface area (Å²) >= 11 is 12.4. The Morgan fingerprint density at radius 2 is 1.64 bits per heavy atom. The molecule has 0 spiro atoms. The van der Waals surface area contributed by atoms with Crippen molar-refractivity contribution in [1.29, 1.82) is 0 Å². The van der Waals surface area contributed by atoms with Crippen molar-refractivity contribution in [3.8, 4) is 11.3 Å². The average molecular weight is 529 g/mol. The number of benzene rings is 2. The Bertz CT molecular complexity index is 1280. The summed E-state index contributed by atoms with van der Waals surface area (Å²) in [7, 11) is 0. The number of carbonyl (C=O) groups is 1. The molecule has 3 aromatic rings. The Labute approximate surface area is 219 Å². The van der Waals surface area contributed by atoms with Gasteiger partial charge >= 0.3 is 0 Å². The smallest absolute Gasteiger partial charge is 0.292 e. The van der Waals surface area contributed by atoms with Crippen LogP contribution in [0.4, 0.5) is 17.1 Å². The van der Waals surface area contributed by atoms with Crippen LogP contribution in [0.5, 0.6) is 0 Å². The van der Waals surface area contributed by atoms with Gasteiger partial charge in [0.25, 0.3) is 11.6 Å². The molecule has 36 heavy (non-hydrogen) atoms. The lowest BCUT2D eigenvalue weighted by Crippen LogP contribution is -2.48. The summed E-state index contributed by atoms with van der Waals surface area (Å²) in [6, 6.07) is 14.0. The van der Waals surface area contributed by atoms with Gasteiger partial charge in [-0.3, -0.25) is 14.9 Å². The van der Waals surface area contributed by atoms with Crippen LogP contribution in [0, 0.1) is 10.1 Å². The average Bonchev–Trinajstić information content (AvgIpc) is 3.40. The third kappa shape index (κ3) is 4.88. The van der Waals surface area contributed by atoms with E-state index in [1.165, 1.54) is 0 Å². The molecule has 1 aromatic heterocycles. The number of amides is 1. The molecule has 0 atom stereocenters. The van der Waals surface area contributed by atoms with Crippen LogP contribution in [0.1, 0.15) is 29.8 Å². The molecule has 0 radical (unpaired) electrons. The molecule has 2 aromatic carbocycles. The van der Waals surface area contributed by atoms with Gasteiger partial charge in [0.2, 0.25) is 0 Å². The van der Waals surface area contributed by atoms with Gasteiger partial charge in [0, 0.05) is 56.6 Å². The number of anilines is 2. The van der Waals surface area contributed by atoms with Crippen molar-refractivity contribution in [2.24, 2.45) is 0 Å². The lowest BCUT2D eigenvalue weighted by atomic mass is 10.1. The molecule has 2 fully saturated rings. The molecule has 10 heteroatoms. The van der Waals surface area contributed by atoms with Crippen molar-refractivity contribution in [3.63, 3.8) is 0 Å². The minimum atomic E-state index is -0.307.